The number of hydrogen-bond acceptors (Lipinski definition) is 5. The maximum absolute atomic E-state index is 12.6. The second-order valence-corrected chi connectivity index (χ2v) is 7.40. The minimum absolute atomic E-state index is 0.0339. The molecule has 0 amide bonds. The third kappa shape index (κ3) is 4.43. The van der Waals surface area contributed by atoms with E-state index in [9.17, 15) is 13.2 Å². The number of aromatic nitrogens is 1. The van der Waals surface area contributed by atoms with Crippen LogP contribution in [0.4, 0.5) is 0 Å². The first-order valence-electron chi connectivity index (χ1n) is 8.08. The number of esters is 1. The monoisotopic (exact) mass is 362 g/mol. The molecule has 0 unspecified atom stereocenters. The third-order valence-corrected chi connectivity index (χ3v) is 5.90. The van der Waals surface area contributed by atoms with Gasteiger partial charge in [-0.05, 0) is 36.8 Å². The molecular formula is C18H22N2O4S. The Bertz CT molecular complexity index is 831. The van der Waals surface area contributed by atoms with Crippen molar-refractivity contribution in [2.45, 2.75) is 32.3 Å². The van der Waals surface area contributed by atoms with Gasteiger partial charge in [-0.1, -0.05) is 26.0 Å². The first-order valence-corrected chi connectivity index (χ1v) is 9.52. The number of carbonyl (C=O) groups excluding carboxylic acids is 1. The van der Waals surface area contributed by atoms with E-state index in [2.05, 4.69) is 4.98 Å². The molecule has 1 aromatic carbocycles. The van der Waals surface area contributed by atoms with Crippen LogP contribution in [0.2, 0.25) is 0 Å². The van der Waals surface area contributed by atoms with Crippen LogP contribution in [0.25, 0.3) is 0 Å². The topological polar surface area (TPSA) is 76.6 Å². The molecule has 6 nitrogen and oxygen atoms in total. The van der Waals surface area contributed by atoms with Crippen molar-refractivity contribution in [1.29, 1.82) is 0 Å². The smallest absolute Gasteiger partial charge is 0.338 e. The van der Waals surface area contributed by atoms with E-state index in [1.807, 2.05) is 0 Å². The highest BCUT2D eigenvalue weighted by Crippen LogP contribution is 2.20. The second kappa shape index (κ2) is 8.22. The fraction of sp³-hybridized carbons (Fsp3) is 0.333. The number of nitrogens with zero attached hydrogens (tertiary/aromatic N) is 2. The van der Waals surface area contributed by atoms with Crippen LogP contribution in [0.3, 0.4) is 0 Å². The summed E-state index contributed by atoms with van der Waals surface area (Å²) in [5.41, 5.74) is 1.52. The van der Waals surface area contributed by atoms with E-state index in [0.29, 0.717) is 24.3 Å². The lowest BCUT2D eigenvalue weighted by molar-refractivity contribution is 0.0466. The summed E-state index contributed by atoms with van der Waals surface area (Å²) in [4.78, 5) is 16.5. The van der Waals surface area contributed by atoms with Gasteiger partial charge in [-0.2, -0.15) is 4.31 Å². The molecule has 0 fully saturated rings. The second-order valence-electron chi connectivity index (χ2n) is 5.46. The number of ether oxygens (including phenoxy) is 1. The van der Waals surface area contributed by atoms with E-state index < -0.39 is 16.0 Å². The van der Waals surface area contributed by atoms with Crippen molar-refractivity contribution in [3.8, 4) is 0 Å². The Morgan fingerprint density at radius 3 is 2.48 bits per heavy atom. The summed E-state index contributed by atoms with van der Waals surface area (Å²) in [7, 11) is -3.63. The van der Waals surface area contributed by atoms with Crippen molar-refractivity contribution in [1.82, 2.24) is 9.29 Å². The number of sulfonamides is 1. The van der Waals surface area contributed by atoms with Crippen molar-refractivity contribution in [2.75, 3.05) is 13.1 Å². The van der Waals surface area contributed by atoms with Crippen molar-refractivity contribution in [2.24, 2.45) is 0 Å². The van der Waals surface area contributed by atoms with E-state index in [1.165, 1.54) is 16.4 Å². The molecule has 2 aromatic rings. The quantitative estimate of drug-likeness (QED) is 0.708. The highest BCUT2D eigenvalue weighted by molar-refractivity contribution is 7.89. The highest BCUT2D eigenvalue weighted by atomic mass is 32.2. The van der Waals surface area contributed by atoms with Gasteiger partial charge in [0.1, 0.15) is 6.61 Å². The van der Waals surface area contributed by atoms with Crippen LogP contribution in [-0.4, -0.2) is 36.8 Å². The van der Waals surface area contributed by atoms with Crippen molar-refractivity contribution >= 4 is 16.0 Å². The summed E-state index contributed by atoms with van der Waals surface area (Å²) < 4.78 is 31.9. The summed E-state index contributed by atoms with van der Waals surface area (Å²) in [5.74, 6) is -0.570. The first kappa shape index (κ1) is 19.1. The van der Waals surface area contributed by atoms with Crippen LogP contribution in [0, 0.1) is 6.92 Å². The van der Waals surface area contributed by atoms with Crippen LogP contribution >= 0.6 is 0 Å². The molecular weight excluding hydrogens is 340 g/mol. The maximum atomic E-state index is 12.6. The van der Waals surface area contributed by atoms with Crippen LogP contribution in [0.1, 0.15) is 35.5 Å². The molecule has 0 aliphatic rings. The van der Waals surface area contributed by atoms with Gasteiger partial charge in [0.25, 0.3) is 0 Å². The third-order valence-electron chi connectivity index (χ3n) is 3.85. The van der Waals surface area contributed by atoms with Crippen LogP contribution < -0.4 is 0 Å². The molecule has 1 heterocycles. The molecule has 0 N–H and O–H groups in total. The van der Waals surface area contributed by atoms with Gasteiger partial charge in [0.2, 0.25) is 10.0 Å². The van der Waals surface area contributed by atoms with Crippen LogP contribution in [0.5, 0.6) is 0 Å². The van der Waals surface area contributed by atoms with Gasteiger partial charge in [0.15, 0.2) is 0 Å². The standard InChI is InChI=1S/C18H22N2O4S/c1-4-20(5-2)25(22,23)16-10-9-14(3)17(12-16)18(21)24-13-15-8-6-7-11-19-15/h6-12H,4-5,13H2,1-3H3. The average Bonchev–Trinajstić information content (AvgIpc) is 2.61. The Morgan fingerprint density at radius 2 is 1.88 bits per heavy atom. The molecule has 25 heavy (non-hydrogen) atoms. The average molecular weight is 362 g/mol. The van der Waals surface area contributed by atoms with Crippen molar-refractivity contribution < 1.29 is 17.9 Å². The maximum Gasteiger partial charge on any atom is 0.338 e. The molecule has 0 aliphatic carbocycles. The van der Waals surface area contributed by atoms with Gasteiger partial charge in [-0.25, -0.2) is 13.2 Å². The number of pyridine rings is 1. The Labute approximate surface area is 148 Å². The number of carbonyl (C=O) groups is 1. The van der Waals surface area contributed by atoms with Gasteiger partial charge in [0.05, 0.1) is 16.2 Å². The number of hydrogen-bond donors (Lipinski definition) is 0. The summed E-state index contributed by atoms with van der Waals surface area (Å²) in [6.07, 6.45) is 1.62. The first-order chi connectivity index (χ1) is 11.9. The van der Waals surface area contributed by atoms with Crippen LogP contribution in [-0.2, 0) is 21.4 Å². The molecule has 7 heteroatoms. The van der Waals surface area contributed by atoms with E-state index in [1.54, 1.807) is 51.2 Å². The van der Waals surface area contributed by atoms with Gasteiger partial charge in [0, 0.05) is 19.3 Å². The molecule has 0 bridgehead atoms. The van der Waals surface area contributed by atoms with E-state index in [4.69, 9.17) is 4.74 Å². The molecule has 0 saturated carbocycles. The van der Waals surface area contributed by atoms with Gasteiger partial charge >= 0.3 is 5.97 Å². The number of rotatable bonds is 7. The largest absolute Gasteiger partial charge is 0.456 e. The van der Waals surface area contributed by atoms with Crippen molar-refractivity contribution in [3.05, 3.63) is 59.4 Å². The summed E-state index contributed by atoms with van der Waals surface area (Å²) >= 11 is 0. The molecule has 0 atom stereocenters. The fourth-order valence-electron chi connectivity index (χ4n) is 2.39. The SMILES string of the molecule is CCN(CC)S(=O)(=O)c1ccc(C)c(C(=O)OCc2ccccn2)c1. The normalized spacial score (nSPS) is 11.5. The predicted octanol–water partition coefficient (Wildman–Crippen LogP) is 2.78. The Morgan fingerprint density at radius 1 is 1.16 bits per heavy atom. The van der Waals surface area contributed by atoms with E-state index >= 15 is 0 Å². The highest BCUT2D eigenvalue weighted by Gasteiger charge is 2.23. The molecule has 2 rings (SSSR count). The predicted molar refractivity (Wildman–Crippen MR) is 94.6 cm³/mol. The summed E-state index contributed by atoms with van der Waals surface area (Å²) in [5, 5.41) is 0. The van der Waals surface area contributed by atoms with E-state index in [0.717, 1.165) is 0 Å². The lowest BCUT2D eigenvalue weighted by Gasteiger charge is -2.19. The minimum atomic E-state index is -3.63. The molecule has 0 radical (unpaired) electrons. The number of benzene rings is 1. The van der Waals surface area contributed by atoms with Crippen LogP contribution in [0.15, 0.2) is 47.5 Å². The van der Waals surface area contributed by atoms with Gasteiger partial charge in [-0.3, -0.25) is 4.98 Å². The summed E-state index contributed by atoms with van der Waals surface area (Å²) in [6.45, 7) is 6.06. The minimum Gasteiger partial charge on any atom is -0.456 e. The molecule has 0 aliphatic heterocycles. The lowest BCUT2D eigenvalue weighted by Crippen LogP contribution is -2.30. The lowest BCUT2D eigenvalue weighted by atomic mass is 10.1. The Balaban J connectivity index is 2.25. The molecule has 0 saturated heterocycles. The summed E-state index contributed by atoms with van der Waals surface area (Å²) in [6, 6.07) is 9.84. The fourth-order valence-corrected chi connectivity index (χ4v) is 3.88. The number of aryl methyl sites for hydroxylation is 1. The van der Waals surface area contributed by atoms with Gasteiger partial charge < -0.3 is 4.74 Å². The molecule has 134 valence electrons. The zero-order chi connectivity index (χ0) is 18.4. The Kier molecular flexibility index (Phi) is 6.27. The zero-order valence-corrected chi connectivity index (χ0v) is 15.4. The van der Waals surface area contributed by atoms with Crippen molar-refractivity contribution in [3.63, 3.8) is 0 Å². The molecule has 0 spiro atoms. The zero-order valence-electron chi connectivity index (χ0n) is 14.6. The van der Waals surface area contributed by atoms with E-state index in [-0.39, 0.29) is 17.1 Å². The van der Waals surface area contributed by atoms with Gasteiger partial charge in [-0.15, -0.1) is 0 Å². The Hall–Kier alpha value is -2.25. The molecule has 1 aromatic heterocycles.